The fourth-order valence-electron chi connectivity index (χ4n) is 3.19. The molecule has 1 aromatic rings. The summed E-state index contributed by atoms with van der Waals surface area (Å²) in [5.74, 6) is 1.73. The number of rotatable bonds is 5. The Balaban J connectivity index is 1.84. The van der Waals surface area contributed by atoms with Crippen molar-refractivity contribution in [2.75, 3.05) is 19.6 Å². The molecule has 0 saturated carbocycles. The number of benzene rings is 1. The number of hydrogen-bond acceptors (Lipinski definition) is 2. The van der Waals surface area contributed by atoms with E-state index in [4.69, 9.17) is 5.73 Å². The minimum atomic E-state index is 0.150. The van der Waals surface area contributed by atoms with Crippen LogP contribution in [-0.4, -0.2) is 24.5 Å². The number of hydrogen-bond donors (Lipinski definition) is 1. The standard InChI is InChI=1S/C18H30N2/c1-4-15-5-7-17(8-6-15)18(19)13-20-11-9-16(10-12-20)14(2)3/h5-8,14,16,18H,4,9-13,19H2,1-3H3. The van der Waals surface area contributed by atoms with E-state index in [0.29, 0.717) is 0 Å². The third-order valence-corrected chi connectivity index (χ3v) is 4.85. The topological polar surface area (TPSA) is 29.3 Å². The van der Waals surface area contributed by atoms with Crippen LogP contribution in [0.1, 0.15) is 50.8 Å². The molecule has 0 aliphatic carbocycles. The van der Waals surface area contributed by atoms with Crippen molar-refractivity contribution in [2.24, 2.45) is 17.6 Å². The molecule has 1 saturated heterocycles. The van der Waals surface area contributed by atoms with Gasteiger partial charge in [-0.15, -0.1) is 0 Å². The van der Waals surface area contributed by atoms with E-state index in [1.54, 1.807) is 0 Å². The molecule has 0 radical (unpaired) electrons. The second kappa shape index (κ2) is 7.24. The van der Waals surface area contributed by atoms with Crippen molar-refractivity contribution >= 4 is 0 Å². The predicted octanol–water partition coefficient (Wildman–Crippen LogP) is 3.62. The van der Waals surface area contributed by atoms with Crippen molar-refractivity contribution in [2.45, 2.75) is 46.1 Å². The maximum Gasteiger partial charge on any atom is 0.0424 e. The van der Waals surface area contributed by atoms with Gasteiger partial charge in [-0.05, 0) is 55.3 Å². The summed E-state index contributed by atoms with van der Waals surface area (Å²) in [7, 11) is 0. The minimum absolute atomic E-state index is 0.150. The van der Waals surface area contributed by atoms with Crippen molar-refractivity contribution in [3.63, 3.8) is 0 Å². The third kappa shape index (κ3) is 4.07. The number of likely N-dealkylation sites (tertiary alicyclic amines) is 1. The van der Waals surface area contributed by atoms with E-state index in [0.717, 1.165) is 24.8 Å². The first-order chi connectivity index (χ1) is 9.60. The molecule has 20 heavy (non-hydrogen) atoms. The van der Waals surface area contributed by atoms with Gasteiger partial charge in [0.2, 0.25) is 0 Å². The monoisotopic (exact) mass is 274 g/mol. The Morgan fingerprint density at radius 2 is 1.75 bits per heavy atom. The van der Waals surface area contributed by atoms with E-state index in [2.05, 4.69) is 49.9 Å². The van der Waals surface area contributed by atoms with Crippen molar-refractivity contribution < 1.29 is 0 Å². The molecule has 0 aromatic heterocycles. The van der Waals surface area contributed by atoms with Crippen LogP contribution in [0, 0.1) is 11.8 Å². The van der Waals surface area contributed by atoms with Crippen molar-refractivity contribution in [1.82, 2.24) is 4.90 Å². The summed E-state index contributed by atoms with van der Waals surface area (Å²) in [5.41, 5.74) is 9.03. The normalized spacial score (nSPS) is 19.4. The van der Waals surface area contributed by atoms with Gasteiger partial charge in [0.15, 0.2) is 0 Å². The smallest absolute Gasteiger partial charge is 0.0424 e. The summed E-state index contributed by atoms with van der Waals surface area (Å²) in [6, 6.07) is 8.96. The van der Waals surface area contributed by atoms with Gasteiger partial charge in [-0.1, -0.05) is 45.0 Å². The fraction of sp³-hybridized carbons (Fsp3) is 0.667. The summed E-state index contributed by atoms with van der Waals surface area (Å²) in [6.07, 6.45) is 3.76. The Labute approximate surface area is 124 Å². The summed E-state index contributed by atoms with van der Waals surface area (Å²) >= 11 is 0. The molecular weight excluding hydrogens is 244 g/mol. The Morgan fingerprint density at radius 1 is 1.15 bits per heavy atom. The van der Waals surface area contributed by atoms with Crippen LogP contribution >= 0.6 is 0 Å². The first kappa shape index (κ1) is 15.5. The van der Waals surface area contributed by atoms with Crippen LogP contribution in [0.5, 0.6) is 0 Å². The van der Waals surface area contributed by atoms with E-state index >= 15 is 0 Å². The molecule has 1 aromatic carbocycles. The number of nitrogens with two attached hydrogens (primary N) is 1. The largest absolute Gasteiger partial charge is 0.323 e. The van der Waals surface area contributed by atoms with Gasteiger partial charge in [0.1, 0.15) is 0 Å². The highest BCUT2D eigenvalue weighted by Crippen LogP contribution is 2.25. The molecule has 1 fully saturated rings. The van der Waals surface area contributed by atoms with Crippen molar-refractivity contribution in [1.29, 1.82) is 0 Å². The van der Waals surface area contributed by atoms with Crippen LogP contribution in [0.4, 0.5) is 0 Å². The third-order valence-electron chi connectivity index (χ3n) is 4.85. The van der Waals surface area contributed by atoms with Gasteiger partial charge >= 0.3 is 0 Å². The molecule has 1 heterocycles. The average Bonchev–Trinajstić information content (AvgIpc) is 2.48. The Kier molecular flexibility index (Phi) is 5.62. The first-order valence-corrected chi connectivity index (χ1v) is 8.17. The summed E-state index contributed by atoms with van der Waals surface area (Å²) < 4.78 is 0. The van der Waals surface area contributed by atoms with Gasteiger partial charge in [-0.2, -0.15) is 0 Å². The van der Waals surface area contributed by atoms with E-state index in [9.17, 15) is 0 Å². The highest BCUT2D eigenvalue weighted by molar-refractivity contribution is 5.25. The lowest BCUT2D eigenvalue weighted by Gasteiger charge is -2.35. The molecule has 1 unspecified atom stereocenters. The van der Waals surface area contributed by atoms with E-state index in [-0.39, 0.29) is 6.04 Å². The zero-order valence-corrected chi connectivity index (χ0v) is 13.3. The van der Waals surface area contributed by atoms with Crippen LogP contribution in [0.2, 0.25) is 0 Å². The SMILES string of the molecule is CCc1ccc(C(N)CN2CCC(C(C)C)CC2)cc1. The zero-order valence-electron chi connectivity index (χ0n) is 13.3. The molecule has 0 bridgehead atoms. The highest BCUT2D eigenvalue weighted by Gasteiger charge is 2.22. The van der Waals surface area contributed by atoms with Gasteiger partial charge in [0.05, 0.1) is 0 Å². The molecule has 2 N–H and O–H groups in total. The minimum Gasteiger partial charge on any atom is -0.323 e. The molecule has 2 rings (SSSR count). The summed E-state index contributed by atoms with van der Waals surface area (Å²) in [4.78, 5) is 2.54. The van der Waals surface area contributed by atoms with Crippen LogP contribution in [0.15, 0.2) is 24.3 Å². The average molecular weight is 274 g/mol. The van der Waals surface area contributed by atoms with Crippen LogP contribution < -0.4 is 5.73 Å². The lowest BCUT2D eigenvalue weighted by molar-refractivity contribution is 0.151. The molecular formula is C18H30N2. The molecule has 0 amide bonds. The fourth-order valence-corrected chi connectivity index (χ4v) is 3.19. The van der Waals surface area contributed by atoms with Gasteiger partial charge in [-0.25, -0.2) is 0 Å². The van der Waals surface area contributed by atoms with Crippen LogP contribution in [-0.2, 0) is 6.42 Å². The van der Waals surface area contributed by atoms with Gasteiger partial charge in [0.25, 0.3) is 0 Å². The van der Waals surface area contributed by atoms with E-state index in [1.165, 1.54) is 37.1 Å². The quantitative estimate of drug-likeness (QED) is 0.888. The molecule has 2 nitrogen and oxygen atoms in total. The maximum absolute atomic E-state index is 6.37. The first-order valence-electron chi connectivity index (χ1n) is 8.17. The van der Waals surface area contributed by atoms with Crippen LogP contribution in [0.25, 0.3) is 0 Å². The number of nitrogens with zero attached hydrogens (tertiary/aromatic N) is 1. The predicted molar refractivity (Wildman–Crippen MR) is 86.8 cm³/mol. The van der Waals surface area contributed by atoms with Gasteiger partial charge in [-0.3, -0.25) is 0 Å². The lowest BCUT2D eigenvalue weighted by atomic mass is 9.86. The Bertz CT molecular complexity index is 388. The van der Waals surface area contributed by atoms with Gasteiger partial charge in [0, 0.05) is 12.6 Å². The van der Waals surface area contributed by atoms with Gasteiger partial charge < -0.3 is 10.6 Å². The van der Waals surface area contributed by atoms with Crippen molar-refractivity contribution in [3.8, 4) is 0 Å². The van der Waals surface area contributed by atoms with Crippen LogP contribution in [0.3, 0.4) is 0 Å². The number of aryl methyl sites for hydroxylation is 1. The molecule has 0 spiro atoms. The van der Waals surface area contributed by atoms with Crippen molar-refractivity contribution in [3.05, 3.63) is 35.4 Å². The molecule has 1 atom stereocenters. The molecule has 1 aliphatic rings. The highest BCUT2D eigenvalue weighted by atomic mass is 15.1. The Hall–Kier alpha value is -0.860. The second-order valence-electron chi connectivity index (χ2n) is 6.58. The zero-order chi connectivity index (χ0) is 14.5. The maximum atomic E-state index is 6.37. The number of piperidine rings is 1. The molecule has 2 heteroatoms. The second-order valence-corrected chi connectivity index (χ2v) is 6.58. The summed E-state index contributed by atoms with van der Waals surface area (Å²) in [5, 5.41) is 0. The van der Waals surface area contributed by atoms with E-state index in [1.807, 2.05) is 0 Å². The molecule has 112 valence electrons. The lowest BCUT2D eigenvalue weighted by Crippen LogP contribution is -2.39. The molecule has 1 aliphatic heterocycles. The Morgan fingerprint density at radius 3 is 2.25 bits per heavy atom. The van der Waals surface area contributed by atoms with E-state index < -0.39 is 0 Å². The summed E-state index contributed by atoms with van der Waals surface area (Å²) in [6.45, 7) is 10.3.